The first-order valence-corrected chi connectivity index (χ1v) is 16.6. The summed E-state index contributed by atoms with van der Waals surface area (Å²) in [6.07, 6.45) is 2.14. The molecule has 0 saturated heterocycles. The number of aromatic nitrogens is 2. The highest BCUT2D eigenvalue weighted by molar-refractivity contribution is 7.80. The Labute approximate surface area is 275 Å². The number of fused-ring (bicyclic) bond motifs is 3. The number of nitrogens with zero attached hydrogens (tertiary/aromatic N) is 2. The number of hydrogen-bond donors (Lipinski definition) is 1. The van der Waals surface area contributed by atoms with Crippen LogP contribution in [0.1, 0.15) is 30.6 Å². The second kappa shape index (κ2) is 12.0. The van der Waals surface area contributed by atoms with Crippen LogP contribution >= 0.6 is 12.6 Å². The zero-order valence-corrected chi connectivity index (χ0v) is 26.7. The summed E-state index contributed by atoms with van der Waals surface area (Å²) in [5, 5.41) is 5.15. The Balaban J connectivity index is 1.50. The first-order chi connectivity index (χ1) is 22.7. The van der Waals surface area contributed by atoms with Crippen LogP contribution in [0.4, 0.5) is 0 Å². The molecule has 0 bridgehead atoms. The summed E-state index contributed by atoms with van der Waals surface area (Å²) in [7, 11) is 0. The molecule has 0 saturated carbocycles. The molecule has 0 aliphatic rings. The maximum atomic E-state index is 5.13. The Hall–Kier alpha value is -5.12. The van der Waals surface area contributed by atoms with E-state index in [-0.39, 0.29) is 5.25 Å². The van der Waals surface area contributed by atoms with Crippen molar-refractivity contribution >= 4 is 45.2 Å². The van der Waals surface area contributed by atoms with E-state index < -0.39 is 0 Å². The van der Waals surface area contributed by atoms with Crippen LogP contribution in [-0.4, -0.2) is 9.55 Å². The molecule has 8 rings (SSSR count). The molecule has 0 spiro atoms. The molecule has 1 unspecified atom stereocenters. The van der Waals surface area contributed by atoms with Crippen molar-refractivity contribution in [2.45, 2.75) is 25.0 Å². The molecule has 8 aromatic rings. The summed E-state index contributed by atoms with van der Waals surface area (Å²) in [4.78, 5) is 5.13. The lowest BCUT2D eigenvalue weighted by molar-refractivity contribution is 0.783. The lowest BCUT2D eigenvalue weighted by Gasteiger charge is -2.21. The minimum Gasteiger partial charge on any atom is -0.292 e. The second-order valence-electron chi connectivity index (χ2n) is 11.9. The summed E-state index contributed by atoms with van der Waals surface area (Å²) in [6.45, 7) is 2.23. The number of rotatable bonds is 7. The van der Waals surface area contributed by atoms with Crippen LogP contribution in [0, 0.1) is 0 Å². The number of para-hydroxylation sites is 2. The smallest absolute Gasteiger partial charge is 0.145 e. The zero-order chi connectivity index (χ0) is 31.0. The van der Waals surface area contributed by atoms with Crippen molar-refractivity contribution in [3.05, 3.63) is 157 Å². The van der Waals surface area contributed by atoms with Gasteiger partial charge >= 0.3 is 0 Å². The third-order valence-electron chi connectivity index (χ3n) is 9.05. The van der Waals surface area contributed by atoms with Crippen molar-refractivity contribution in [2.24, 2.45) is 0 Å². The Morgan fingerprint density at radius 1 is 0.565 bits per heavy atom. The van der Waals surface area contributed by atoms with E-state index in [1.165, 1.54) is 49.4 Å². The number of thiol groups is 1. The van der Waals surface area contributed by atoms with Crippen LogP contribution in [0.5, 0.6) is 0 Å². The fraction of sp³-hybridized carbons (Fsp3) is 0.0930. The van der Waals surface area contributed by atoms with Gasteiger partial charge in [-0.3, -0.25) is 4.57 Å². The first kappa shape index (κ1) is 28.4. The van der Waals surface area contributed by atoms with E-state index >= 15 is 0 Å². The minimum atomic E-state index is 0.196. The largest absolute Gasteiger partial charge is 0.292 e. The number of hydrogen-bond acceptors (Lipinski definition) is 2. The molecular formula is C43H34N2S. The van der Waals surface area contributed by atoms with Gasteiger partial charge in [-0.2, -0.15) is 12.6 Å². The van der Waals surface area contributed by atoms with E-state index in [1.807, 2.05) is 0 Å². The first-order valence-electron chi connectivity index (χ1n) is 16.1. The molecule has 7 aromatic carbocycles. The van der Waals surface area contributed by atoms with Crippen molar-refractivity contribution in [2.75, 3.05) is 0 Å². The van der Waals surface area contributed by atoms with E-state index in [9.17, 15) is 0 Å². The van der Waals surface area contributed by atoms with Crippen LogP contribution in [-0.2, 0) is 0 Å². The van der Waals surface area contributed by atoms with E-state index in [2.05, 4.69) is 163 Å². The van der Waals surface area contributed by atoms with Gasteiger partial charge in [-0.25, -0.2) is 4.98 Å². The van der Waals surface area contributed by atoms with Crippen molar-refractivity contribution in [3.8, 4) is 39.3 Å². The van der Waals surface area contributed by atoms with Gasteiger partial charge in [0.25, 0.3) is 0 Å². The maximum Gasteiger partial charge on any atom is 0.145 e. The SMILES string of the molecule is CCCC(S)c1ccc2c(-c3ccccc3)c3cc(-n4c(-c5ccccc5)nc5ccccc54)ccc3c(-c3ccccc3)c2c1. The normalized spacial score (nSPS) is 12.2. The van der Waals surface area contributed by atoms with Crippen LogP contribution in [0.15, 0.2) is 152 Å². The second-order valence-corrected chi connectivity index (χ2v) is 12.6. The lowest BCUT2D eigenvalue weighted by atomic mass is 9.85. The molecule has 2 nitrogen and oxygen atoms in total. The van der Waals surface area contributed by atoms with E-state index in [1.54, 1.807) is 0 Å². The topological polar surface area (TPSA) is 17.8 Å². The summed E-state index contributed by atoms with van der Waals surface area (Å²) < 4.78 is 2.31. The quantitative estimate of drug-likeness (QED) is 0.140. The predicted molar refractivity (Wildman–Crippen MR) is 199 cm³/mol. The number of imidazole rings is 1. The average Bonchev–Trinajstić information content (AvgIpc) is 3.51. The molecule has 0 radical (unpaired) electrons. The standard InChI is InChI=1S/C43H34N2S/c1-2-14-40(46)32-23-25-34-36(27-32)41(29-15-6-3-7-16-29)35-26-24-33(28-37(35)42(34)30-17-8-4-9-18-30)45-39-22-13-12-21-38(39)44-43(45)31-19-10-5-11-20-31/h3-13,15-28,40,46H,2,14H2,1H3. The highest BCUT2D eigenvalue weighted by Crippen LogP contribution is 2.46. The Kier molecular flexibility index (Phi) is 7.40. The molecule has 0 N–H and O–H groups in total. The predicted octanol–water partition coefficient (Wildman–Crippen LogP) is 12.1. The third-order valence-corrected chi connectivity index (χ3v) is 9.60. The molecule has 3 heteroatoms. The van der Waals surface area contributed by atoms with Crippen LogP contribution in [0.3, 0.4) is 0 Å². The van der Waals surface area contributed by atoms with E-state index in [4.69, 9.17) is 17.6 Å². The zero-order valence-electron chi connectivity index (χ0n) is 25.8. The Morgan fingerprint density at radius 2 is 1.11 bits per heavy atom. The molecule has 0 amide bonds. The van der Waals surface area contributed by atoms with Crippen LogP contribution in [0.2, 0.25) is 0 Å². The maximum absolute atomic E-state index is 5.13. The van der Waals surface area contributed by atoms with Crippen molar-refractivity contribution in [1.82, 2.24) is 9.55 Å². The molecule has 1 heterocycles. The van der Waals surface area contributed by atoms with Gasteiger partial charge in [0.05, 0.1) is 11.0 Å². The van der Waals surface area contributed by atoms with Gasteiger partial charge in [-0.1, -0.05) is 135 Å². The van der Waals surface area contributed by atoms with Gasteiger partial charge < -0.3 is 0 Å². The molecule has 0 aliphatic heterocycles. The van der Waals surface area contributed by atoms with Gasteiger partial charge in [-0.15, -0.1) is 0 Å². The van der Waals surface area contributed by atoms with Gasteiger partial charge in [0.15, 0.2) is 0 Å². The van der Waals surface area contributed by atoms with Gasteiger partial charge in [0.2, 0.25) is 0 Å². The molecule has 1 aromatic heterocycles. The summed E-state index contributed by atoms with van der Waals surface area (Å²) in [5.74, 6) is 0.937. The molecule has 0 fully saturated rings. The third kappa shape index (κ3) is 4.88. The summed E-state index contributed by atoms with van der Waals surface area (Å²) in [5.41, 5.74) is 10.4. The molecule has 46 heavy (non-hydrogen) atoms. The van der Waals surface area contributed by atoms with Gasteiger partial charge in [0, 0.05) is 16.5 Å². The Morgan fingerprint density at radius 3 is 1.74 bits per heavy atom. The Bertz CT molecular complexity index is 2320. The van der Waals surface area contributed by atoms with Crippen LogP contribution in [0.25, 0.3) is 71.9 Å². The monoisotopic (exact) mass is 610 g/mol. The molecule has 222 valence electrons. The molecule has 0 aliphatic carbocycles. The van der Waals surface area contributed by atoms with Gasteiger partial charge in [-0.05, 0) is 86.1 Å². The highest BCUT2D eigenvalue weighted by Gasteiger charge is 2.21. The van der Waals surface area contributed by atoms with Crippen molar-refractivity contribution in [1.29, 1.82) is 0 Å². The van der Waals surface area contributed by atoms with Crippen molar-refractivity contribution < 1.29 is 0 Å². The summed E-state index contributed by atoms with van der Waals surface area (Å²) in [6, 6.07) is 54.5. The van der Waals surface area contributed by atoms with Gasteiger partial charge in [0.1, 0.15) is 5.82 Å². The van der Waals surface area contributed by atoms with E-state index in [0.717, 1.165) is 41.0 Å². The molecular weight excluding hydrogens is 577 g/mol. The number of benzene rings is 7. The van der Waals surface area contributed by atoms with Crippen molar-refractivity contribution in [3.63, 3.8) is 0 Å². The summed E-state index contributed by atoms with van der Waals surface area (Å²) >= 11 is 5.02. The fourth-order valence-electron chi connectivity index (χ4n) is 6.92. The minimum absolute atomic E-state index is 0.196. The highest BCUT2D eigenvalue weighted by atomic mass is 32.1. The average molecular weight is 611 g/mol. The van der Waals surface area contributed by atoms with E-state index in [0.29, 0.717) is 0 Å². The van der Waals surface area contributed by atoms with Crippen LogP contribution < -0.4 is 0 Å². The molecule has 1 atom stereocenters. The lowest BCUT2D eigenvalue weighted by Crippen LogP contribution is -1.99. The fourth-order valence-corrected chi connectivity index (χ4v) is 7.34.